The Hall–Kier alpha value is -2.47. The van der Waals surface area contributed by atoms with E-state index in [9.17, 15) is 0 Å². The fourth-order valence-corrected chi connectivity index (χ4v) is 3.88. The summed E-state index contributed by atoms with van der Waals surface area (Å²) in [4.78, 5) is 2.45. The highest BCUT2D eigenvalue weighted by Gasteiger charge is 2.13. The summed E-state index contributed by atoms with van der Waals surface area (Å²) in [6.45, 7) is 10.8. The quantitative estimate of drug-likeness (QED) is 0.613. The number of nitrogens with one attached hydrogen (secondary N) is 1. The van der Waals surface area contributed by atoms with Crippen LogP contribution in [0.5, 0.6) is 0 Å². The number of nitrogens with zero attached hydrogens (tertiary/aromatic N) is 3. The van der Waals surface area contributed by atoms with Crippen LogP contribution in [-0.4, -0.2) is 41.0 Å². The van der Waals surface area contributed by atoms with Crippen LogP contribution >= 0.6 is 0 Å². The molecule has 0 saturated carbocycles. The molecule has 1 aliphatic rings. The van der Waals surface area contributed by atoms with Crippen molar-refractivity contribution in [1.82, 2.24) is 20.0 Å². The van der Waals surface area contributed by atoms with Crippen molar-refractivity contribution in [3.63, 3.8) is 0 Å². The van der Waals surface area contributed by atoms with Gasteiger partial charge in [-0.3, -0.25) is 4.90 Å². The van der Waals surface area contributed by atoms with Crippen LogP contribution in [0.15, 0.2) is 60.8 Å². The molecule has 5 heteroatoms. The zero-order chi connectivity index (χ0) is 20.8. The molecule has 0 amide bonds. The van der Waals surface area contributed by atoms with Gasteiger partial charge in [0.2, 0.25) is 0 Å². The van der Waals surface area contributed by atoms with Crippen molar-refractivity contribution in [2.45, 2.75) is 39.4 Å². The normalized spacial score (nSPS) is 15.0. The molecule has 1 aromatic heterocycles. The van der Waals surface area contributed by atoms with Crippen LogP contribution in [0.1, 0.15) is 42.1 Å². The summed E-state index contributed by atoms with van der Waals surface area (Å²) >= 11 is 0. The Kier molecular flexibility index (Phi) is 6.95. The number of hydrogen-bond donors (Lipinski definition) is 1. The van der Waals surface area contributed by atoms with E-state index in [1.54, 1.807) is 0 Å². The van der Waals surface area contributed by atoms with E-state index in [1.807, 2.05) is 22.9 Å². The van der Waals surface area contributed by atoms with Crippen LogP contribution in [0, 0.1) is 0 Å². The minimum absolute atomic E-state index is 0.395. The second-order valence-electron chi connectivity index (χ2n) is 8.28. The minimum atomic E-state index is 0.395. The topological polar surface area (TPSA) is 42.3 Å². The van der Waals surface area contributed by atoms with Gasteiger partial charge >= 0.3 is 0 Å². The van der Waals surface area contributed by atoms with E-state index >= 15 is 0 Å². The van der Waals surface area contributed by atoms with E-state index in [4.69, 9.17) is 9.84 Å². The SMILES string of the molecule is CC(C)c1nn(-c2ccccc2)cc1CNCc1ccc(CN2CCOCC2)cc1. The molecule has 1 aliphatic heterocycles. The Morgan fingerprint density at radius 1 is 0.933 bits per heavy atom. The maximum absolute atomic E-state index is 5.43. The van der Waals surface area contributed by atoms with E-state index in [-0.39, 0.29) is 0 Å². The Balaban J connectivity index is 1.34. The van der Waals surface area contributed by atoms with E-state index in [0.29, 0.717) is 5.92 Å². The summed E-state index contributed by atoms with van der Waals surface area (Å²) in [6, 6.07) is 19.3. The minimum Gasteiger partial charge on any atom is -0.379 e. The van der Waals surface area contributed by atoms with Gasteiger partial charge in [-0.2, -0.15) is 5.10 Å². The van der Waals surface area contributed by atoms with Gasteiger partial charge in [-0.05, 0) is 29.2 Å². The zero-order valence-electron chi connectivity index (χ0n) is 18.1. The van der Waals surface area contributed by atoms with E-state index in [0.717, 1.165) is 57.3 Å². The van der Waals surface area contributed by atoms with Crippen LogP contribution in [0.3, 0.4) is 0 Å². The van der Waals surface area contributed by atoms with Crippen molar-refractivity contribution in [2.75, 3.05) is 26.3 Å². The number of hydrogen-bond acceptors (Lipinski definition) is 4. The van der Waals surface area contributed by atoms with Gasteiger partial charge in [-0.1, -0.05) is 56.3 Å². The predicted octanol–water partition coefficient (Wildman–Crippen LogP) is 4.12. The standard InChI is InChI=1S/C25H32N4O/c1-20(2)25-23(19-29(27-25)24-6-4-3-5-7-24)17-26-16-21-8-10-22(11-9-21)18-28-12-14-30-15-13-28/h3-11,19-20,26H,12-18H2,1-2H3. The van der Waals surface area contributed by atoms with Crippen molar-refractivity contribution in [3.8, 4) is 5.69 Å². The first-order valence-corrected chi connectivity index (χ1v) is 10.9. The van der Waals surface area contributed by atoms with E-state index < -0.39 is 0 Å². The highest BCUT2D eigenvalue weighted by atomic mass is 16.5. The highest BCUT2D eigenvalue weighted by molar-refractivity contribution is 5.33. The first-order chi connectivity index (χ1) is 14.7. The molecule has 0 aliphatic carbocycles. The van der Waals surface area contributed by atoms with Gasteiger partial charge in [-0.15, -0.1) is 0 Å². The van der Waals surface area contributed by atoms with Crippen molar-refractivity contribution in [3.05, 3.63) is 83.2 Å². The monoisotopic (exact) mass is 404 g/mol. The Morgan fingerprint density at radius 3 is 2.33 bits per heavy atom. The van der Waals surface area contributed by atoms with Crippen molar-refractivity contribution in [1.29, 1.82) is 0 Å². The second-order valence-corrected chi connectivity index (χ2v) is 8.28. The summed E-state index contributed by atoms with van der Waals surface area (Å²) < 4.78 is 7.42. The van der Waals surface area contributed by atoms with Crippen LogP contribution in [0.2, 0.25) is 0 Å². The third-order valence-corrected chi connectivity index (χ3v) is 5.57. The van der Waals surface area contributed by atoms with Gasteiger partial charge in [-0.25, -0.2) is 4.68 Å². The third kappa shape index (κ3) is 5.36. The van der Waals surface area contributed by atoms with Gasteiger partial charge in [0.15, 0.2) is 0 Å². The smallest absolute Gasteiger partial charge is 0.0699 e. The number of para-hydroxylation sites is 1. The number of ether oxygens (including phenoxy) is 1. The zero-order valence-corrected chi connectivity index (χ0v) is 18.1. The molecular formula is C25H32N4O. The molecule has 4 rings (SSSR count). The highest BCUT2D eigenvalue weighted by Crippen LogP contribution is 2.20. The van der Waals surface area contributed by atoms with Gasteiger partial charge in [0.25, 0.3) is 0 Å². The van der Waals surface area contributed by atoms with Crippen LogP contribution in [0.4, 0.5) is 0 Å². The maximum atomic E-state index is 5.43. The molecule has 0 unspecified atom stereocenters. The molecule has 2 heterocycles. The fraction of sp³-hybridized carbons (Fsp3) is 0.400. The first kappa shape index (κ1) is 20.8. The lowest BCUT2D eigenvalue weighted by atomic mass is 10.1. The van der Waals surface area contributed by atoms with Crippen molar-refractivity contribution >= 4 is 0 Å². The van der Waals surface area contributed by atoms with Gasteiger partial charge in [0.1, 0.15) is 0 Å². The first-order valence-electron chi connectivity index (χ1n) is 10.9. The number of rotatable bonds is 8. The Bertz CT molecular complexity index is 912. The summed E-state index contributed by atoms with van der Waals surface area (Å²) in [7, 11) is 0. The third-order valence-electron chi connectivity index (χ3n) is 5.57. The summed E-state index contributed by atoms with van der Waals surface area (Å²) in [5.41, 5.74) is 6.20. The Morgan fingerprint density at radius 2 is 1.63 bits per heavy atom. The van der Waals surface area contributed by atoms with Crippen LogP contribution in [-0.2, 0) is 24.4 Å². The molecule has 1 N–H and O–H groups in total. The number of morpholine rings is 1. The fourth-order valence-electron chi connectivity index (χ4n) is 3.88. The molecule has 0 spiro atoms. The van der Waals surface area contributed by atoms with Crippen molar-refractivity contribution in [2.24, 2.45) is 0 Å². The molecule has 5 nitrogen and oxygen atoms in total. The average molecular weight is 405 g/mol. The molecule has 0 bridgehead atoms. The molecule has 158 valence electrons. The molecule has 2 aromatic carbocycles. The van der Waals surface area contributed by atoms with Crippen LogP contribution < -0.4 is 5.32 Å². The molecule has 1 saturated heterocycles. The lowest BCUT2D eigenvalue weighted by Gasteiger charge is -2.26. The summed E-state index contributed by atoms with van der Waals surface area (Å²) in [6.07, 6.45) is 2.16. The summed E-state index contributed by atoms with van der Waals surface area (Å²) in [5, 5.41) is 8.43. The molecular weight excluding hydrogens is 372 g/mol. The Labute approximate surface area is 179 Å². The second kappa shape index (κ2) is 10.0. The van der Waals surface area contributed by atoms with Crippen molar-refractivity contribution < 1.29 is 4.74 Å². The van der Waals surface area contributed by atoms with E-state index in [1.165, 1.54) is 16.7 Å². The number of benzene rings is 2. The van der Waals surface area contributed by atoms with Gasteiger partial charge < -0.3 is 10.1 Å². The molecule has 1 fully saturated rings. The molecule has 3 aromatic rings. The summed E-state index contributed by atoms with van der Waals surface area (Å²) in [5.74, 6) is 0.395. The molecule has 0 atom stereocenters. The van der Waals surface area contributed by atoms with Gasteiger partial charge in [0, 0.05) is 44.5 Å². The molecule has 0 radical (unpaired) electrons. The largest absolute Gasteiger partial charge is 0.379 e. The van der Waals surface area contributed by atoms with E-state index in [2.05, 4.69) is 66.7 Å². The number of aromatic nitrogens is 2. The predicted molar refractivity (Wildman–Crippen MR) is 121 cm³/mol. The molecule has 30 heavy (non-hydrogen) atoms. The van der Waals surface area contributed by atoms with Crippen LogP contribution in [0.25, 0.3) is 5.69 Å². The lowest BCUT2D eigenvalue weighted by Crippen LogP contribution is -2.35. The van der Waals surface area contributed by atoms with Gasteiger partial charge in [0.05, 0.1) is 24.6 Å². The maximum Gasteiger partial charge on any atom is 0.0699 e. The average Bonchev–Trinajstić information content (AvgIpc) is 3.21. The lowest BCUT2D eigenvalue weighted by molar-refractivity contribution is 0.0342.